The van der Waals surface area contributed by atoms with Crippen molar-refractivity contribution in [1.82, 2.24) is 10.6 Å². The summed E-state index contributed by atoms with van der Waals surface area (Å²) in [7, 11) is 1.51. The maximum Gasteiger partial charge on any atom is 0.387 e. The van der Waals surface area contributed by atoms with E-state index in [2.05, 4.69) is 20.4 Å². The fraction of sp³-hybridized carbons (Fsp3) is 0.250. The van der Waals surface area contributed by atoms with Crippen LogP contribution in [0.1, 0.15) is 16.5 Å². The Bertz CT molecular complexity index is 961. The minimum atomic E-state index is -3.05. The second kappa shape index (κ2) is 9.62. The van der Waals surface area contributed by atoms with E-state index >= 15 is 0 Å². The Labute approximate surface area is 169 Å². The standard InChI is InChI=1S/C20H20F3N3O2S/c1-24-20(25-10-13-14(21)6-4-7-16(13)28-19(22)23)26-11-15(27)18-9-12-5-2-3-8-17(12)29-18/h2-9,15,19,27H,10-11H2,1H3,(H2,24,25,26). The van der Waals surface area contributed by atoms with Gasteiger partial charge >= 0.3 is 6.61 Å². The fourth-order valence-corrected chi connectivity index (χ4v) is 3.82. The monoisotopic (exact) mass is 423 g/mol. The maximum atomic E-state index is 14.0. The summed E-state index contributed by atoms with van der Waals surface area (Å²) in [6, 6.07) is 13.5. The number of fused-ring (bicyclic) bond motifs is 1. The number of hydrogen-bond donors (Lipinski definition) is 3. The molecular formula is C20H20F3N3O2S. The molecule has 3 aromatic rings. The third-order valence-corrected chi connectivity index (χ3v) is 5.40. The second-order valence-electron chi connectivity index (χ2n) is 6.10. The minimum absolute atomic E-state index is 0.0409. The van der Waals surface area contributed by atoms with Gasteiger partial charge in [-0.25, -0.2) is 4.39 Å². The number of hydrogen-bond acceptors (Lipinski definition) is 4. The first kappa shape index (κ1) is 20.9. The van der Waals surface area contributed by atoms with Crippen molar-refractivity contribution >= 4 is 27.4 Å². The Balaban J connectivity index is 1.60. The largest absolute Gasteiger partial charge is 0.434 e. The van der Waals surface area contributed by atoms with E-state index in [0.29, 0.717) is 0 Å². The van der Waals surface area contributed by atoms with Crippen LogP contribution < -0.4 is 15.4 Å². The maximum absolute atomic E-state index is 14.0. The van der Waals surface area contributed by atoms with Crippen LogP contribution in [-0.2, 0) is 6.54 Å². The van der Waals surface area contributed by atoms with Crippen molar-refractivity contribution in [3.8, 4) is 5.75 Å². The molecule has 2 aromatic carbocycles. The van der Waals surface area contributed by atoms with Crippen LogP contribution in [0.5, 0.6) is 5.75 Å². The van der Waals surface area contributed by atoms with Gasteiger partial charge in [0.2, 0.25) is 0 Å². The number of rotatable bonds is 7. The van der Waals surface area contributed by atoms with Crippen LogP contribution in [0.25, 0.3) is 10.1 Å². The second-order valence-corrected chi connectivity index (χ2v) is 7.22. The predicted molar refractivity (Wildman–Crippen MR) is 108 cm³/mol. The average molecular weight is 423 g/mol. The Morgan fingerprint density at radius 1 is 1.17 bits per heavy atom. The van der Waals surface area contributed by atoms with Crippen molar-refractivity contribution < 1.29 is 23.0 Å². The molecular weight excluding hydrogens is 403 g/mol. The molecule has 5 nitrogen and oxygen atoms in total. The van der Waals surface area contributed by atoms with Crippen LogP contribution in [0.4, 0.5) is 13.2 Å². The molecule has 0 aliphatic rings. The van der Waals surface area contributed by atoms with Crippen LogP contribution in [0.2, 0.25) is 0 Å². The molecule has 1 unspecified atom stereocenters. The van der Waals surface area contributed by atoms with E-state index in [4.69, 9.17) is 0 Å². The molecule has 1 heterocycles. The summed E-state index contributed by atoms with van der Waals surface area (Å²) in [6.45, 7) is -3.00. The summed E-state index contributed by atoms with van der Waals surface area (Å²) in [5, 5.41) is 17.3. The molecule has 1 aromatic heterocycles. The van der Waals surface area contributed by atoms with Crippen molar-refractivity contribution in [2.24, 2.45) is 4.99 Å². The number of halogens is 3. The van der Waals surface area contributed by atoms with E-state index in [-0.39, 0.29) is 30.4 Å². The van der Waals surface area contributed by atoms with Gasteiger partial charge in [-0.3, -0.25) is 4.99 Å². The lowest BCUT2D eigenvalue weighted by molar-refractivity contribution is -0.0506. The molecule has 0 spiro atoms. The number of aliphatic hydroxyl groups is 1. The van der Waals surface area contributed by atoms with Crippen LogP contribution in [-0.4, -0.2) is 31.3 Å². The molecule has 0 amide bonds. The van der Waals surface area contributed by atoms with Crippen molar-refractivity contribution in [1.29, 1.82) is 0 Å². The number of nitrogens with one attached hydrogen (secondary N) is 2. The lowest BCUT2D eigenvalue weighted by atomic mass is 10.2. The average Bonchev–Trinajstić information content (AvgIpc) is 3.13. The highest BCUT2D eigenvalue weighted by molar-refractivity contribution is 7.19. The van der Waals surface area contributed by atoms with Gasteiger partial charge < -0.3 is 20.5 Å². The van der Waals surface area contributed by atoms with Gasteiger partial charge in [-0.1, -0.05) is 24.3 Å². The summed E-state index contributed by atoms with van der Waals surface area (Å²) in [4.78, 5) is 4.81. The normalized spacial score (nSPS) is 13.0. The summed E-state index contributed by atoms with van der Waals surface area (Å²) in [6.07, 6.45) is -0.767. The quantitative estimate of drug-likeness (QED) is 0.396. The SMILES string of the molecule is CN=C(NCc1c(F)cccc1OC(F)F)NCC(O)c1cc2ccccc2s1. The predicted octanol–water partition coefficient (Wildman–Crippen LogP) is 4.04. The molecule has 154 valence electrons. The molecule has 3 N–H and O–H groups in total. The smallest absolute Gasteiger partial charge is 0.387 e. The van der Waals surface area contributed by atoms with Gasteiger partial charge in [0.05, 0.1) is 0 Å². The number of aliphatic imine (C=N–C) groups is 1. The number of ether oxygens (including phenoxy) is 1. The summed E-state index contributed by atoms with van der Waals surface area (Å²) >= 11 is 1.50. The van der Waals surface area contributed by atoms with Crippen LogP contribution >= 0.6 is 11.3 Å². The Hall–Kier alpha value is -2.78. The molecule has 0 bridgehead atoms. The summed E-state index contributed by atoms with van der Waals surface area (Å²) in [5.41, 5.74) is -0.0409. The van der Waals surface area contributed by atoms with E-state index in [1.807, 2.05) is 30.3 Å². The molecule has 0 aliphatic carbocycles. The van der Waals surface area contributed by atoms with Gasteiger partial charge in [-0.2, -0.15) is 8.78 Å². The van der Waals surface area contributed by atoms with Crippen LogP contribution in [0.3, 0.4) is 0 Å². The highest BCUT2D eigenvalue weighted by Crippen LogP contribution is 2.29. The number of guanidine groups is 1. The number of benzene rings is 2. The molecule has 0 radical (unpaired) electrons. The van der Waals surface area contributed by atoms with Gasteiger partial charge in [0, 0.05) is 35.3 Å². The Morgan fingerprint density at radius 3 is 2.69 bits per heavy atom. The van der Waals surface area contributed by atoms with E-state index in [1.165, 1.54) is 30.5 Å². The third-order valence-electron chi connectivity index (χ3n) is 4.18. The molecule has 0 fully saturated rings. The molecule has 3 rings (SSSR count). The van der Waals surface area contributed by atoms with Gasteiger partial charge in [-0.15, -0.1) is 11.3 Å². The van der Waals surface area contributed by atoms with Crippen LogP contribution in [0, 0.1) is 5.82 Å². The Morgan fingerprint density at radius 2 is 1.97 bits per heavy atom. The van der Waals surface area contributed by atoms with E-state index in [0.717, 1.165) is 21.0 Å². The van der Waals surface area contributed by atoms with Gasteiger partial charge in [0.1, 0.15) is 17.7 Å². The first-order chi connectivity index (χ1) is 14.0. The number of aliphatic hydroxyl groups excluding tert-OH is 1. The number of alkyl halides is 2. The van der Waals surface area contributed by atoms with Gasteiger partial charge in [-0.05, 0) is 29.7 Å². The number of nitrogens with zero attached hydrogens (tertiary/aromatic N) is 1. The number of thiophene rings is 1. The van der Waals surface area contributed by atoms with E-state index in [1.54, 1.807) is 0 Å². The molecule has 0 saturated carbocycles. The van der Waals surface area contributed by atoms with E-state index < -0.39 is 18.5 Å². The Kier molecular flexibility index (Phi) is 6.95. The zero-order chi connectivity index (χ0) is 20.8. The fourth-order valence-electron chi connectivity index (χ4n) is 2.77. The zero-order valence-electron chi connectivity index (χ0n) is 15.5. The topological polar surface area (TPSA) is 65.9 Å². The highest BCUT2D eigenvalue weighted by atomic mass is 32.1. The van der Waals surface area contributed by atoms with Crippen molar-refractivity contribution in [3.05, 3.63) is 64.8 Å². The summed E-state index contributed by atoms with van der Waals surface area (Å²) in [5.74, 6) is -0.624. The molecule has 9 heteroatoms. The van der Waals surface area contributed by atoms with Crippen molar-refractivity contribution in [3.63, 3.8) is 0 Å². The molecule has 0 aliphatic heterocycles. The first-order valence-corrected chi connectivity index (χ1v) is 9.63. The zero-order valence-corrected chi connectivity index (χ0v) is 16.3. The van der Waals surface area contributed by atoms with Crippen molar-refractivity contribution in [2.45, 2.75) is 19.3 Å². The lowest BCUT2D eigenvalue weighted by Gasteiger charge is -2.16. The van der Waals surface area contributed by atoms with Gasteiger partial charge in [0.15, 0.2) is 5.96 Å². The first-order valence-electron chi connectivity index (χ1n) is 8.81. The minimum Gasteiger partial charge on any atom is -0.434 e. The summed E-state index contributed by atoms with van der Waals surface area (Å²) < 4.78 is 44.5. The van der Waals surface area contributed by atoms with Gasteiger partial charge in [0.25, 0.3) is 0 Å². The third kappa shape index (κ3) is 5.39. The lowest BCUT2D eigenvalue weighted by Crippen LogP contribution is -2.39. The van der Waals surface area contributed by atoms with Crippen LogP contribution in [0.15, 0.2) is 53.5 Å². The molecule has 0 saturated heterocycles. The highest BCUT2D eigenvalue weighted by Gasteiger charge is 2.15. The van der Waals surface area contributed by atoms with Crippen molar-refractivity contribution in [2.75, 3.05) is 13.6 Å². The molecule has 29 heavy (non-hydrogen) atoms. The van der Waals surface area contributed by atoms with E-state index in [9.17, 15) is 18.3 Å². The molecule has 1 atom stereocenters.